The normalized spacial score (nSPS) is 12.1. The molecule has 8 heteroatoms. The quantitative estimate of drug-likeness (QED) is 0.721. The number of nitrogens with one attached hydrogen (secondary N) is 1. The minimum absolute atomic E-state index is 0.312. The van der Waals surface area contributed by atoms with Gasteiger partial charge in [-0.1, -0.05) is 0 Å². The molecule has 3 N–H and O–H groups in total. The van der Waals surface area contributed by atoms with E-state index >= 15 is 0 Å². The largest absolute Gasteiger partial charge is 0.433 e. The Balaban J connectivity index is 3.42. The van der Waals surface area contributed by atoms with E-state index in [-0.39, 0.29) is 0 Å². The zero-order valence-corrected chi connectivity index (χ0v) is 7.03. The van der Waals surface area contributed by atoms with Crippen LogP contribution < -0.4 is 11.2 Å². The molecule has 0 aromatic carbocycles. The molecule has 0 aliphatic carbocycles. The first-order valence-electron chi connectivity index (χ1n) is 3.61. The van der Waals surface area contributed by atoms with Crippen molar-refractivity contribution in [3.8, 4) is 0 Å². The van der Waals surface area contributed by atoms with Gasteiger partial charge in [0.2, 0.25) is 5.43 Å². The highest BCUT2D eigenvalue weighted by Crippen LogP contribution is 2.30. The SMILES string of the molecule is Nc1c(C(F)(F)F)[nH]cc(C(F)F)c1=O. The summed E-state index contributed by atoms with van der Waals surface area (Å²) >= 11 is 0. The molecule has 1 aromatic heterocycles. The number of hydrogen-bond acceptors (Lipinski definition) is 2. The number of aromatic amines is 1. The minimum atomic E-state index is -4.87. The highest BCUT2D eigenvalue weighted by molar-refractivity contribution is 5.46. The van der Waals surface area contributed by atoms with Crippen LogP contribution in [0.3, 0.4) is 0 Å². The zero-order chi connectivity index (χ0) is 11.8. The lowest BCUT2D eigenvalue weighted by molar-refractivity contribution is -0.140. The van der Waals surface area contributed by atoms with Gasteiger partial charge in [-0.3, -0.25) is 4.79 Å². The van der Waals surface area contributed by atoms with Crippen LogP contribution in [0.1, 0.15) is 17.7 Å². The topological polar surface area (TPSA) is 58.9 Å². The Hall–Kier alpha value is -1.60. The monoisotopic (exact) mass is 228 g/mol. The fourth-order valence-electron chi connectivity index (χ4n) is 0.959. The fourth-order valence-corrected chi connectivity index (χ4v) is 0.959. The van der Waals surface area contributed by atoms with Crippen molar-refractivity contribution in [2.75, 3.05) is 5.73 Å². The van der Waals surface area contributed by atoms with E-state index < -0.39 is 35.0 Å². The van der Waals surface area contributed by atoms with Crippen LogP contribution in [0, 0.1) is 0 Å². The first kappa shape index (κ1) is 11.5. The average Bonchev–Trinajstić information content (AvgIpc) is 2.06. The molecule has 0 radical (unpaired) electrons. The molecule has 0 bridgehead atoms. The average molecular weight is 228 g/mol. The number of halogens is 5. The summed E-state index contributed by atoms with van der Waals surface area (Å²) in [5.41, 5.74) is -0.543. The number of nitrogens with two attached hydrogens (primary N) is 1. The number of aromatic nitrogens is 1. The van der Waals surface area contributed by atoms with Crippen molar-refractivity contribution in [3.63, 3.8) is 0 Å². The van der Waals surface area contributed by atoms with Gasteiger partial charge in [0, 0.05) is 6.20 Å². The molecule has 0 aliphatic heterocycles. The number of H-pyrrole nitrogens is 1. The Labute approximate surface area is 79.7 Å². The Morgan fingerprint density at radius 3 is 2.27 bits per heavy atom. The maximum Gasteiger partial charge on any atom is 0.433 e. The minimum Gasteiger partial charge on any atom is -0.394 e. The summed E-state index contributed by atoms with van der Waals surface area (Å²) in [6, 6.07) is 0. The Morgan fingerprint density at radius 2 is 1.87 bits per heavy atom. The Bertz CT molecular complexity index is 422. The maximum atomic E-state index is 12.1. The second kappa shape index (κ2) is 3.52. The van der Waals surface area contributed by atoms with E-state index in [2.05, 4.69) is 0 Å². The molecule has 1 aromatic rings. The van der Waals surface area contributed by atoms with Gasteiger partial charge >= 0.3 is 6.18 Å². The van der Waals surface area contributed by atoms with Crippen molar-refractivity contribution in [1.82, 2.24) is 4.98 Å². The van der Waals surface area contributed by atoms with E-state index in [1.807, 2.05) is 0 Å². The number of anilines is 1. The predicted octanol–water partition coefficient (Wildman–Crippen LogP) is 1.91. The number of nitrogen functional groups attached to an aromatic ring is 1. The van der Waals surface area contributed by atoms with Gasteiger partial charge in [-0.05, 0) is 0 Å². The fraction of sp³-hybridized carbons (Fsp3) is 0.286. The molecule has 3 nitrogen and oxygen atoms in total. The van der Waals surface area contributed by atoms with Crippen LogP contribution in [-0.2, 0) is 6.18 Å². The summed E-state index contributed by atoms with van der Waals surface area (Å²) in [4.78, 5) is 12.5. The molecular weight excluding hydrogens is 223 g/mol. The molecule has 0 fully saturated rings. The molecule has 0 spiro atoms. The number of rotatable bonds is 1. The third-order valence-corrected chi connectivity index (χ3v) is 1.67. The van der Waals surface area contributed by atoms with E-state index in [4.69, 9.17) is 5.73 Å². The molecule has 0 saturated carbocycles. The second-order valence-corrected chi connectivity index (χ2v) is 2.66. The third-order valence-electron chi connectivity index (χ3n) is 1.67. The van der Waals surface area contributed by atoms with Crippen molar-refractivity contribution < 1.29 is 22.0 Å². The lowest BCUT2D eigenvalue weighted by atomic mass is 10.2. The first-order chi connectivity index (χ1) is 6.75. The van der Waals surface area contributed by atoms with E-state index in [1.54, 1.807) is 0 Å². The van der Waals surface area contributed by atoms with E-state index in [9.17, 15) is 26.7 Å². The molecule has 0 saturated heterocycles. The van der Waals surface area contributed by atoms with Crippen LogP contribution >= 0.6 is 0 Å². The number of pyridine rings is 1. The van der Waals surface area contributed by atoms with Crippen LogP contribution in [0.15, 0.2) is 11.0 Å². The maximum absolute atomic E-state index is 12.1. The van der Waals surface area contributed by atoms with Crippen LogP contribution in [0.5, 0.6) is 0 Å². The van der Waals surface area contributed by atoms with Gasteiger partial charge in [0.25, 0.3) is 6.43 Å². The molecule has 1 heterocycles. The van der Waals surface area contributed by atoms with Gasteiger partial charge in [-0.25, -0.2) is 8.78 Å². The molecule has 1 rings (SSSR count). The molecule has 84 valence electrons. The van der Waals surface area contributed by atoms with Gasteiger partial charge in [0.15, 0.2) is 0 Å². The molecule has 0 atom stereocenters. The zero-order valence-electron chi connectivity index (χ0n) is 7.03. The number of hydrogen-bond donors (Lipinski definition) is 2. The van der Waals surface area contributed by atoms with Crippen molar-refractivity contribution in [1.29, 1.82) is 0 Å². The van der Waals surface area contributed by atoms with Gasteiger partial charge in [-0.15, -0.1) is 0 Å². The van der Waals surface area contributed by atoms with E-state index in [1.165, 1.54) is 4.98 Å². The summed E-state index contributed by atoms with van der Waals surface area (Å²) in [7, 11) is 0. The summed E-state index contributed by atoms with van der Waals surface area (Å²) in [6.07, 6.45) is -7.73. The summed E-state index contributed by atoms with van der Waals surface area (Å²) in [6.45, 7) is 0. The van der Waals surface area contributed by atoms with Crippen LogP contribution in [0.25, 0.3) is 0 Å². The summed E-state index contributed by atoms with van der Waals surface area (Å²) < 4.78 is 60.5. The summed E-state index contributed by atoms with van der Waals surface area (Å²) in [5.74, 6) is 0. The second-order valence-electron chi connectivity index (χ2n) is 2.66. The smallest absolute Gasteiger partial charge is 0.394 e. The third kappa shape index (κ3) is 2.08. The molecular formula is C7H5F5N2O. The van der Waals surface area contributed by atoms with Crippen LogP contribution in [0.4, 0.5) is 27.6 Å². The molecule has 15 heavy (non-hydrogen) atoms. The number of alkyl halides is 5. The van der Waals surface area contributed by atoms with Crippen molar-refractivity contribution in [3.05, 3.63) is 27.7 Å². The lowest BCUT2D eigenvalue weighted by Crippen LogP contribution is -2.22. The summed E-state index contributed by atoms with van der Waals surface area (Å²) in [5, 5.41) is 0. The Kier molecular flexibility index (Phi) is 2.69. The molecule has 0 aliphatic rings. The highest BCUT2D eigenvalue weighted by atomic mass is 19.4. The van der Waals surface area contributed by atoms with Gasteiger partial charge in [0.1, 0.15) is 11.4 Å². The van der Waals surface area contributed by atoms with Gasteiger partial charge < -0.3 is 10.7 Å². The molecule has 0 unspecified atom stereocenters. The van der Waals surface area contributed by atoms with Crippen molar-refractivity contribution in [2.24, 2.45) is 0 Å². The van der Waals surface area contributed by atoms with Gasteiger partial charge in [-0.2, -0.15) is 13.2 Å². The van der Waals surface area contributed by atoms with Crippen molar-refractivity contribution in [2.45, 2.75) is 12.6 Å². The lowest BCUT2D eigenvalue weighted by Gasteiger charge is -2.10. The Morgan fingerprint density at radius 1 is 1.33 bits per heavy atom. The van der Waals surface area contributed by atoms with E-state index in [0.29, 0.717) is 6.20 Å². The standard InChI is InChI=1S/C7H5F5N2O/c8-6(9)2-1-14-5(7(10,11)12)3(13)4(2)15/h1,6H,13H2,(H,14,15). The van der Waals surface area contributed by atoms with Crippen LogP contribution in [-0.4, -0.2) is 4.98 Å². The highest BCUT2D eigenvalue weighted by Gasteiger charge is 2.35. The van der Waals surface area contributed by atoms with Crippen molar-refractivity contribution >= 4 is 5.69 Å². The molecule has 0 amide bonds. The van der Waals surface area contributed by atoms with Gasteiger partial charge in [0.05, 0.1) is 5.56 Å². The first-order valence-corrected chi connectivity index (χ1v) is 3.61. The predicted molar refractivity (Wildman–Crippen MR) is 41.4 cm³/mol. The van der Waals surface area contributed by atoms with E-state index in [0.717, 1.165) is 0 Å². The van der Waals surface area contributed by atoms with Crippen LogP contribution in [0.2, 0.25) is 0 Å².